The SMILES string of the molecule is CCOC(=O)c1ccc(N(Cl)C[C@H](C)O)nc1. The van der Waals surface area contributed by atoms with E-state index in [0.29, 0.717) is 18.0 Å². The van der Waals surface area contributed by atoms with E-state index in [2.05, 4.69) is 4.98 Å². The molecule has 0 bridgehead atoms. The van der Waals surface area contributed by atoms with E-state index in [-0.39, 0.29) is 6.54 Å². The number of hydrogen-bond acceptors (Lipinski definition) is 5. The topological polar surface area (TPSA) is 62.7 Å². The van der Waals surface area contributed by atoms with Gasteiger partial charge in [-0.3, -0.25) is 4.42 Å². The highest BCUT2D eigenvalue weighted by molar-refractivity contribution is 6.25. The van der Waals surface area contributed by atoms with Gasteiger partial charge >= 0.3 is 5.97 Å². The maximum Gasteiger partial charge on any atom is 0.339 e. The Hall–Kier alpha value is -1.33. The van der Waals surface area contributed by atoms with Crippen LogP contribution in [0.1, 0.15) is 24.2 Å². The summed E-state index contributed by atoms with van der Waals surface area (Å²) in [5, 5.41) is 9.17. The van der Waals surface area contributed by atoms with Crippen LogP contribution in [0, 0.1) is 0 Å². The summed E-state index contributed by atoms with van der Waals surface area (Å²) in [6, 6.07) is 3.18. The summed E-state index contributed by atoms with van der Waals surface area (Å²) >= 11 is 5.89. The largest absolute Gasteiger partial charge is 0.462 e. The molecule has 0 spiro atoms. The van der Waals surface area contributed by atoms with Crippen molar-refractivity contribution >= 4 is 23.6 Å². The molecule has 94 valence electrons. The molecular weight excluding hydrogens is 244 g/mol. The molecule has 1 atom stereocenters. The van der Waals surface area contributed by atoms with Crippen molar-refractivity contribution in [3.63, 3.8) is 0 Å². The summed E-state index contributed by atoms with van der Waals surface area (Å²) < 4.78 is 6.12. The number of aliphatic hydroxyl groups is 1. The second kappa shape index (κ2) is 6.42. The van der Waals surface area contributed by atoms with Gasteiger partial charge < -0.3 is 9.84 Å². The first-order chi connectivity index (χ1) is 8.04. The Morgan fingerprint density at radius 3 is 2.82 bits per heavy atom. The van der Waals surface area contributed by atoms with Crippen LogP contribution < -0.4 is 4.42 Å². The number of aromatic nitrogens is 1. The summed E-state index contributed by atoms with van der Waals surface area (Å²) in [4.78, 5) is 15.4. The number of carbonyl (C=O) groups excluding carboxylic acids is 1. The van der Waals surface area contributed by atoms with Crippen molar-refractivity contribution in [1.82, 2.24) is 4.98 Å². The number of pyridine rings is 1. The molecule has 5 nitrogen and oxygen atoms in total. The normalized spacial score (nSPS) is 12.0. The summed E-state index contributed by atoms with van der Waals surface area (Å²) in [5.74, 6) is 0.0591. The lowest BCUT2D eigenvalue weighted by Crippen LogP contribution is -2.23. The van der Waals surface area contributed by atoms with Gasteiger partial charge in [-0.1, -0.05) is 0 Å². The van der Waals surface area contributed by atoms with Gasteiger partial charge in [0.15, 0.2) is 0 Å². The molecule has 0 saturated carbocycles. The van der Waals surface area contributed by atoms with Crippen molar-refractivity contribution in [3.8, 4) is 0 Å². The molecule has 1 N–H and O–H groups in total. The molecule has 0 aliphatic heterocycles. The van der Waals surface area contributed by atoms with Crippen molar-refractivity contribution < 1.29 is 14.6 Å². The summed E-state index contributed by atoms with van der Waals surface area (Å²) in [6.07, 6.45) is 0.837. The Morgan fingerprint density at radius 2 is 2.35 bits per heavy atom. The lowest BCUT2D eigenvalue weighted by Gasteiger charge is -2.16. The molecule has 1 rings (SSSR count). The van der Waals surface area contributed by atoms with E-state index in [0.717, 1.165) is 0 Å². The van der Waals surface area contributed by atoms with Crippen LogP contribution in [0.2, 0.25) is 0 Å². The van der Waals surface area contributed by atoms with Crippen LogP contribution in [0.5, 0.6) is 0 Å². The van der Waals surface area contributed by atoms with E-state index in [1.165, 1.54) is 10.6 Å². The van der Waals surface area contributed by atoms with Gasteiger partial charge in [-0.2, -0.15) is 0 Å². The Labute approximate surface area is 105 Å². The number of esters is 1. The van der Waals surface area contributed by atoms with E-state index in [1.54, 1.807) is 26.0 Å². The molecule has 1 aromatic rings. The van der Waals surface area contributed by atoms with Gasteiger partial charge in [0, 0.05) is 18.0 Å². The zero-order valence-corrected chi connectivity index (χ0v) is 10.5. The molecule has 0 aliphatic rings. The molecule has 0 unspecified atom stereocenters. The first kappa shape index (κ1) is 13.7. The number of halogens is 1. The summed E-state index contributed by atoms with van der Waals surface area (Å²) in [7, 11) is 0. The molecule has 0 amide bonds. The molecule has 0 saturated heterocycles. The van der Waals surface area contributed by atoms with Crippen LogP contribution in [0.15, 0.2) is 18.3 Å². The van der Waals surface area contributed by atoms with Gasteiger partial charge in [0.1, 0.15) is 5.82 Å². The zero-order valence-electron chi connectivity index (χ0n) is 9.76. The third kappa shape index (κ3) is 4.20. The molecule has 0 aromatic carbocycles. The quantitative estimate of drug-likeness (QED) is 0.642. The minimum Gasteiger partial charge on any atom is -0.462 e. The highest BCUT2D eigenvalue weighted by Gasteiger charge is 2.10. The third-order valence-electron chi connectivity index (χ3n) is 1.93. The second-order valence-corrected chi connectivity index (χ2v) is 3.93. The van der Waals surface area contributed by atoms with Crippen LogP contribution in [-0.2, 0) is 4.74 Å². The number of rotatable bonds is 5. The fraction of sp³-hybridized carbons (Fsp3) is 0.455. The average molecular weight is 259 g/mol. The number of carbonyl (C=O) groups is 1. The van der Waals surface area contributed by atoms with E-state index < -0.39 is 12.1 Å². The first-order valence-corrected chi connectivity index (χ1v) is 5.63. The van der Waals surface area contributed by atoms with E-state index in [4.69, 9.17) is 21.6 Å². The molecule has 1 heterocycles. The van der Waals surface area contributed by atoms with Crippen LogP contribution >= 0.6 is 11.8 Å². The minimum absolute atomic E-state index is 0.257. The van der Waals surface area contributed by atoms with E-state index in [9.17, 15) is 4.79 Å². The van der Waals surface area contributed by atoms with Crippen molar-refractivity contribution in [1.29, 1.82) is 0 Å². The second-order valence-electron chi connectivity index (χ2n) is 3.52. The van der Waals surface area contributed by atoms with Crippen LogP contribution in [0.3, 0.4) is 0 Å². The predicted octanol–water partition coefficient (Wildman–Crippen LogP) is 1.60. The number of ether oxygens (including phenoxy) is 1. The fourth-order valence-electron chi connectivity index (χ4n) is 1.19. The molecule has 0 radical (unpaired) electrons. The Kier molecular flexibility index (Phi) is 5.18. The van der Waals surface area contributed by atoms with Crippen LogP contribution in [0.4, 0.5) is 5.82 Å². The first-order valence-electron chi connectivity index (χ1n) is 5.29. The van der Waals surface area contributed by atoms with Gasteiger partial charge in [-0.05, 0) is 26.0 Å². The highest BCUT2D eigenvalue weighted by Crippen LogP contribution is 2.14. The Morgan fingerprint density at radius 1 is 1.65 bits per heavy atom. The third-order valence-corrected chi connectivity index (χ3v) is 2.24. The lowest BCUT2D eigenvalue weighted by molar-refractivity contribution is 0.0526. The average Bonchev–Trinajstić information content (AvgIpc) is 2.28. The molecule has 0 aliphatic carbocycles. The highest BCUT2D eigenvalue weighted by atomic mass is 35.5. The molecule has 1 aromatic heterocycles. The van der Waals surface area contributed by atoms with Crippen molar-refractivity contribution in [2.24, 2.45) is 0 Å². The van der Waals surface area contributed by atoms with Crippen LogP contribution in [0.25, 0.3) is 0 Å². The number of anilines is 1. The smallest absolute Gasteiger partial charge is 0.339 e. The van der Waals surface area contributed by atoms with Crippen molar-refractivity contribution in [2.75, 3.05) is 17.6 Å². The Bertz CT molecular complexity index is 367. The van der Waals surface area contributed by atoms with Gasteiger partial charge in [0.2, 0.25) is 0 Å². The van der Waals surface area contributed by atoms with Gasteiger partial charge in [-0.15, -0.1) is 0 Å². The zero-order chi connectivity index (χ0) is 12.8. The fourth-order valence-corrected chi connectivity index (χ4v) is 1.49. The van der Waals surface area contributed by atoms with Crippen molar-refractivity contribution in [3.05, 3.63) is 23.9 Å². The van der Waals surface area contributed by atoms with Gasteiger partial charge in [-0.25, -0.2) is 9.78 Å². The number of aliphatic hydroxyl groups excluding tert-OH is 1. The van der Waals surface area contributed by atoms with Gasteiger partial charge in [0.05, 0.1) is 24.8 Å². The maximum absolute atomic E-state index is 11.4. The number of nitrogens with zero attached hydrogens (tertiary/aromatic N) is 2. The summed E-state index contributed by atoms with van der Waals surface area (Å²) in [6.45, 7) is 3.95. The number of hydrogen-bond donors (Lipinski definition) is 1. The lowest BCUT2D eigenvalue weighted by atomic mass is 10.3. The van der Waals surface area contributed by atoms with E-state index in [1.807, 2.05) is 0 Å². The van der Waals surface area contributed by atoms with E-state index >= 15 is 0 Å². The minimum atomic E-state index is -0.556. The van der Waals surface area contributed by atoms with Gasteiger partial charge in [0.25, 0.3) is 0 Å². The molecular formula is C11H15ClN2O3. The molecule has 0 fully saturated rings. The van der Waals surface area contributed by atoms with Crippen LogP contribution in [-0.4, -0.2) is 35.3 Å². The standard InChI is InChI=1S/C11H15ClN2O3/c1-3-17-11(16)9-4-5-10(13-6-9)14(12)7-8(2)15/h4-6,8,15H,3,7H2,1-2H3/t8-/m0/s1. The maximum atomic E-state index is 11.4. The monoisotopic (exact) mass is 258 g/mol. The molecule has 17 heavy (non-hydrogen) atoms. The summed E-state index contributed by atoms with van der Waals surface area (Å²) in [5.41, 5.74) is 0.373. The van der Waals surface area contributed by atoms with Crippen molar-refractivity contribution in [2.45, 2.75) is 20.0 Å². The predicted molar refractivity (Wildman–Crippen MR) is 65.1 cm³/mol. The molecule has 6 heteroatoms. The Balaban J connectivity index is 2.70.